The summed E-state index contributed by atoms with van der Waals surface area (Å²) in [4.78, 5) is 28.4. The first-order valence-electron chi connectivity index (χ1n) is 10.0. The van der Waals surface area contributed by atoms with E-state index in [0.29, 0.717) is 28.2 Å². The molecule has 0 saturated carbocycles. The third kappa shape index (κ3) is 2.86. The Balaban J connectivity index is 1.71. The molecule has 30 heavy (non-hydrogen) atoms. The van der Waals surface area contributed by atoms with E-state index in [1.165, 1.54) is 5.56 Å². The number of carbonyl (C=O) groups is 1. The number of hydrogen-bond acceptors (Lipinski definition) is 4. The summed E-state index contributed by atoms with van der Waals surface area (Å²) in [6, 6.07) is 18.2. The van der Waals surface area contributed by atoms with E-state index in [1.54, 1.807) is 41.5 Å². The van der Waals surface area contributed by atoms with Crippen LogP contribution < -0.4 is 5.43 Å². The molecule has 2 aromatic heterocycles. The van der Waals surface area contributed by atoms with Crippen molar-refractivity contribution in [2.75, 3.05) is 0 Å². The average molecular weight is 399 g/mol. The van der Waals surface area contributed by atoms with Gasteiger partial charge in [0.2, 0.25) is 5.76 Å². The van der Waals surface area contributed by atoms with Gasteiger partial charge in [-0.2, -0.15) is 0 Å². The average Bonchev–Trinajstić information content (AvgIpc) is 3.36. The maximum Gasteiger partial charge on any atom is 0.291 e. The number of nitrogens with zero attached hydrogens (tertiary/aromatic N) is 1. The second kappa shape index (κ2) is 7.02. The number of carbonyl (C=O) groups excluding carboxylic acids is 1. The van der Waals surface area contributed by atoms with Crippen LogP contribution in [0.3, 0.4) is 0 Å². The number of rotatable bonds is 4. The Kier molecular flexibility index (Phi) is 4.31. The molecule has 1 atom stereocenters. The topological polar surface area (TPSA) is 63.7 Å². The van der Waals surface area contributed by atoms with Crippen molar-refractivity contribution in [3.8, 4) is 0 Å². The van der Waals surface area contributed by atoms with Crippen LogP contribution in [0.25, 0.3) is 11.0 Å². The fraction of sp³-hybridized carbons (Fsp3) is 0.200. The minimum absolute atomic E-state index is 0.114. The van der Waals surface area contributed by atoms with Gasteiger partial charge in [-0.25, -0.2) is 0 Å². The summed E-state index contributed by atoms with van der Waals surface area (Å²) >= 11 is 0. The SMILES string of the molecule is CC(C)c1ccc([C@@H]2c3c(oc4ccccc4c3=O)C(=O)N2Cc2ccco2)cc1. The molecule has 5 nitrogen and oxygen atoms in total. The van der Waals surface area contributed by atoms with Crippen LogP contribution in [0.2, 0.25) is 0 Å². The number of para-hydroxylation sites is 1. The van der Waals surface area contributed by atoms with E-state index in [1.807, 2.05) is 18.2 Å². The van der Waals surface area contributed by atoms with Crippen LogP contribution in [0.15, 0.2) is 80.6 Å². The lowest BCUT2D eigenvalue weighted by Gasteiger charge is -2.24. The number of amides is 1. The van der Waals surface area contributed by atoms with E-state index in [9.17, 15) is 9.59 Å². The fourth-order valence-electron chi connectivity index (χ4n) is 4.11. The first-order chi connectivity index (χ1) is 14.5. The fourth-order valence-corrected chi connectivity index (χ4v) is 4.11. The quantitative estimate of drug-likeness (QED) is 0.470. The zero-order chi connectivity index (χ0) is 20.8. The molecular weight excluding hydrogens is 378 g/mol. The second-order valence-electron chi connectivity index (χ2n) is 7.91. The summed E-state index contributed by atoms with van der Waals surface area (Å²) in [5.41, 5.74) is 2.72. The summed E-state index contributed by atoms with van der Waals surface area (Å²) in [7, 11) is 0. The summed E-state index contributed by atoms with van der Waals surface area (Å²) in [6.07, 6.45) is 1.58. The Labute approximate surface area is 173 Å². The first-order valence-corrected chi connectivity index (χ1v) is 10.0. The largest absolute Gasteiger partial charge is 0.467 e. The highest BCUT2D eigenvalue weighted by Gasteiger charge is 2.43. The molecule has 5 rings (SSSR count). The zero-order valence-electron chi connectivity index (χ0n) is 16.8. The Morgan fingerprint density at radius 2 is 1.73 bits per heavy atom. The van der Waals surface area contributed by atoms with Crippen LogP contribution in [-0.4, -0.2) is 10.8 Å². The van der Waals surface area contributed by atoms with Crippen molar-refractivity contribution < 1.29 is 13.6 Å². The maximum absolute atomic E-state index is 13.4. The highest BCUT2D eigenvalue weighted by Crippen LogP contribution is 2.39. The van der Waals surface area contributed by atoms with Gasteiger partial charge in [0.25, 0.3) is 5.91 Å². The van der Waals surface area contributed by atoms with Gasteiger partial charge in [0.1, 0.15) is 11.3 Å². The van der Waals surface area contributed by atoms with Crippen molar-refractivity contribution >= 4 is 16.9 Å². The Bertz CT molecular complexity index is 1280. The molecule has 0 radical (unpaired) electrons. The molecule has 0 unspecified atom stereocenters. The van der Waals surface area contributed by atoms with E-state index < -0.39 is 6.04 Å². The Morgan fingerprint density at radius 3 is 2.43 bits per heavy atom. The summed E-state index contributed by atoms with van der Waals surface area (Å²) in [5, 5.41) is 0.479. The molecule has 0 fully saturated rings. The first kappa shape index (κ1) is 18.4. The van der Waals surface area contributed by atoms with Gasteiger partial charge in [-0.15, -0.1) is 0 Å². The zero-order valence-corrected chi connectivity index (χ0v) is 16.8. The van der Waals surface area contributed by atoms with Gasteiger partial charge in [0.15, 0.2) is 5.43 Å². The minimum atomic E-state index is -0.528. The molecule has 1 aliphatic rings. The van der Waals surface area contributed by atoms with Crippen molar-refractivity contribution in [2.45, 2.75) is 32.4 Å². The van der Waals surface area contributed by atoms with E-state index in [-0.39, 0.29) is 23.6 Å². The Morgan fingerprint density at radius 1 is 0.967 bits per heavy atom. The van der Waals surface area contributed by atoms with E-state index in [2.05, 4.69) is 26.0 Å². The van der Waals surface area contributed by atoms with Gasteiger partial charge in [-0.3, -0.25) is 9.59 Å². The standard InChI is InChI=1S/C25H21NO4/c1-15(2)16-9-11-17(12-10-16)22-21-23(27)19-7-3-4-8-20(19)30-24(21)25(28)26(22)14-18-6-5-13-29-18/h3-13,15,22H,14H2,1-2H3/t22-/m1/s1. The van der Waals surface area contributed by atoms with Crippen LogP contribution >= 0.6 is 0 Å². The number of benzene rings is 2. The van der Waals surface area contributed by atoms with Gasteiger partial charge < -0.3 is 13.7 Å². The van der Waals surface area contributed by atoms with Gasteiger partial charge >= 0.3 is 0 Å². The van der Waals surface area contributed by atoms with Crippen molar-refractivity contribution in [3.05, 3.63) is 105 Å². The molecule has 1 amide bonds. The normalized spacial score (nSPS) is 15.9. The summed E-state index contributed by atoms with van der Waals surface area (Å²) < 4.78 is 11.4. The van der Waals surface area contributed by atoms with Gasteiger partial charge in [0, 0.05) is 0 Å². The van der Waals surface area contributed by atoms with Crippen molar-refractivity contribution in [1.82, 2.24) is 4.90 Å². The summed E-state index contributed by atoms with van der Waals surface area (Å²) in [6.45, 7) is 4.52. The minimum Gasteiger partial charge on any atom is -0.467 e. The molecule has 0 spiro atoms. The van der Waals surface area contributed by atoms with Crippen LogP contribution in [-0.2, 0) is 6.54 Å². The maximum atomic E-state index is 13.4. The predicted octanol–water partition coefficient (Wildman–Crippen LogP) is 5.25. The number of furan rings is 1. The lowest BCUT2D eigenvalue weighted by atomic mass is 9.95. The third-order valence-corrected chi connectivity index (χ3v) is 5.70. The van der Waals surface area contributed by atoms with Crippen molar-refractivity contribution in [3.63, 3.8) is 0 Å². The number of hydrogen-bond donors (Lipinski definition) is 0. The molecule has 0 bridgehead atoms. The Hall–Kier alpha value is -3.60. The highest BCUT2D eigenvalue weighted by molar-refractivity contribution is 5.99. The van der Waals surface area contributed by atoms with Crippen LogP contribution in [0, 0.1) is 0 Å². The van der Waals surface area contributed by atoms with Crippen molar-refractivity contribution in [1.29, 1.82) is 0 Å². The smallest absolute Gasteiger partial charge is 0.291 e. The van der Waals surface area contributed by atoms with Gasteiger partial charge in [0.05, 0.1) is 29.8 Å². The second-order valence-corrected chi connectivity index (χ2v) is 7.91. The van der Waals surface area contributed by atoms with Gasteiger partial charge in [-0.05, 0) is 41.3 Å². The van der Waals surface area contributed by atoms with Crippen LogP contribution in [0.5, 0.6) is 0 Å². The van der Waals surface area contributed by atoms with Crippen LogP contribution in [0.4, 0.5) is 0 Å². The van der Waals surface area contributed by atoms with E-state index >= 15 is 0 Å². The molecule has 150 valence electrons. The van der Waals surface area contributed by atoms with Gasteiger partial charge in [-0.1, -0.05) is 50.2 Å². The molecular formula is C25H21NO4. The van der Waals surface area contributed by atoms with Crippen LogP contribution in [0.1, 0.15) is 58.8 Å². The monoisotopic (exact) mass is 399 g/mol. The van der Waals surface area contributed by atoms with Crippen molar-refractivity contribution in [2.24, 2.45) is 0 Å². The highest BCUT2D eigenvalue weighted by atomic mass is 16.3. The lowest BCUT2D eigenvalue weighted by molar-refractivity contribution is 0.0701. The predicted molar refractivity (Wildman–Crippen MR) is 113 cm³/mol. The molecule has 0 N–H and O–H groups in total. The molecule has 1 aliphatic heterocycles. The molecule has 3 heterocycles. The molecule has 0 saturated heterocycles. The van der Waals surface area contributed by atoms with E-state index in [0.717, 1.165) is 5.56 Å². The number of fused-ring (bicyclic) bond motifs is 2. The molecule has 2 aromatic carbocycles. The molecule has 0 aliphatic carbocycles. The molecule has 5 heteroatoms. The lowest BCUT2D eigenvalue weighted by Crippen LogP contribution is -2.29. The summed E-state index contributed by atoms with van der Waals surface area (Å²) in [5.74, 6) is 0.854. The molecule has 4 aromatic rings. The third-order valence-electron chi connectivity index (χ3n) is 5.70. The van der Waals surface area contributed by atoms with E-state index in [4.69, 9.17) is 8.83 Å².